The van der Waals surface area contributed by atoms with Gasteiger partial charge in [0.05, 0.1) is 0 Å². The van der Waals surface area contributed by atoms with Gasteiger partial charge in [-0.2, -0.15) is 0 Å². The second kappa shape index (κ2) is 5.77. The van der Waals surface area contributed by atoms with Crippen LogP contribution in [0, 0.1) is 0 Å². The zero-order chi connectivity index (χ0) is 12.9. The molecule has 0 unspecified atom stereocenters. The molecule has 4 heteroatoms. The topological polar surface area (TPSA) is 68.0 Å². The average molecular weight is 235 g/mol. The Bertz CT molecular complexity index is 382. The van der Waals surface area contributed by atoms with E-state index >= 15 is 0 Å². The zero-order valence-corrected chi connectivity index (χ0v) is 10.8. The molecular weight excluding hydrogens is 214 g/mol. The normalized spacial score (nSPS) is 11.5. The van der Waals surface area contributed by atoms with Gasteiger partial charge >= 0.3 is 0 Å². The van der Waals surface area contributed by atoms with Gasteiger partial charge in [0, 0.05) is 48.6 Å². The predicted octanol–water partition coefficient (Wildman–Crippen LogP) is 1.55. The summed E-state index contributed by atoms with van der Waals surface area (Å²) in [6, 6.07) is 1.72. The quantitative estimate of drug-likeness (QED) is 0.812. The van der Waals surface area contributed by atoms with Crippen LogP contribution in [0.15, 0.2) is 18.5 Å². The molecular formula is C13H21N3O. The van der Waals surface area contributed by atoms with Crippen molar-refractivity contribution in [3.8, 4) is 0 Å². The van der Waals surface area contributed by atoms with E-state index in [0.717, 1.165) is 5.56 Å². The lowest BCUT2D eigenvalue weighted by atomic mass is 10.1. The molecule has 3 N–H and O–H groups in total. The Morgan fingerprint density at radius 3 is 2.76 bits per heavy atom. The molecule has 0 radical (unpaired) electrons. The van der Waals surface area contributed by atoms with E-state index in [1.165, 1.54) is 0 Å². The minimum absolute atomic E-state index is 0.0492. The van der Waals surface area contributed by atoms with Gasteiger partial charge in [0.1, 0.15) is 5.78 Å². The first-order valence-electron chi connectivity index (χ1n) is 5.83. The number of nitrogens with zero attached hydrogens (tertiary/aromatic N) is 1. The van der Waals surface area contributed by atoms with E-state index in [1.807, 2.05) is 0 Å². The molecule has 0 amide bonds. The van der Waals surface area contributed by atoms with E-state index < -0.39 is 0 Å². The van der Waals surface area contributed by atoms with Crippen molar-refractivity contribution in [2.24, 2.45) is 0 Å². The van der Waals surface area contributed by atoms with Gasteiger partial charge in [0.15, 0.2) is 0 Å². The molecule has 1 heterocycles. The highest BCUT2D eigenvalue weighted by molar-refractivity contribution is 5.82. The summed E-state index contributed by atoms with van der Waals surface area (Å²) >= 11 is 0. The fourth-order valence-electron chi connectivity index (χ4n) is 1.46. The summed E-state index contributed by atoms with van der Waals surface area (Å²) in [6.45, 7) is 6.94. The van der Waals surface area contributed by atoms with Crippen LogP contribution >= 0.6 is 0 Å². The molecule has 0 saturated heterocycles. The molecule has 0 atom stereocenters. The first-order valence-corrected chi connectivity index (χ1v) is 5.83. The van der Waals surface area contributed by atoms with Crippen LogP contribution in [-0.4, -0.2) is 22.9 Å². The smallest absolute Gasteiger partial charge is 0.138 e. The molecule has 1 aromatic rings. The fraction of sp³-hybridized carbons (Fsp3) is 0.538. The molecule has 1 aromatic heterocycles. The number of anilines is 1. The molecule has 94 valence electrons. The standard InChI is InChI=1S/C13H21N3O/c1-13(2,3)16-7-4-11(17)8-10-9-15-6-5-12(10)14/h5-6,9,16H,4,7-8H2,1-3H3,(H2,14,15). The highest BCUT2D eigenvalue weighted by atomic mass is 16.1. The molecule has 0 aliphatic rings. The van der Waals surface area contributed by atoms with Crippen molar-refractivity contribution in [3.63, 3.8) is 0 Å². The molecule has 4 nitrogen and oxygen atoms in total. The second-order valence-electron chi connectivity index (χ2n) is 5.22. The van der Waals surface area contributed by atoms with E-state index in [4.69, 9.17) is 5.73 Å². The first-order chi connectivity index (χ1) is 7.88. The van der Waals surface area contributed by atoms with Gasteiger partial charge in [-0.3, -0.25) is 9.78 Å². The van der Waals surface area contributed by atoms with Crippen molar-refractivity contribution in [3.05, 3.63) is 24.0 Å². The number of Topliss-reactive ketones (excluding diaryl/α,β-unsaturated/α-hetero) is 1. The maximum atomic E-state index is 11.7. The third-order valence-electron chi connectivity index (χ3n) is 2.39. The number of nitrogen functional groups attached to an aromatic ring is 1. The van der Waals surface area contributed by atoms with Crippen molar-refractivity contribution >= 4 is 11.5 Å². The van der Waals surface area contributed by atoms with Crippen LogP contribution < -0.4 is 11.1 Å². The van der Waals surface area contributed by atoms with Gasteiger partial charge in [-0.25, -0.2) is 0 Å². The van der Waals surface area contributed by atoms with Crippen LogP contribution in [0.4, 0.5) is 5.69 Å². The van der Waals surface area contributed by atoms with E-state index in [0.29, 0.717) is 25.1 Å². The Morgan fingerprint density at radius 2 is 2.18 bits per heavy atom. The maximum Gasteiger partial charge on any atom is 0.138 e. The van der Waals surface area contributed by atoms with Crippen LogP contribution in [-0.2, 0) is 11.2 Å². The Morgan fingerprint density at radius 1 is 1.47 bits per heavy atom. The zero-order valence-electron chi connectivity index (χ0n) is 10.8. The number of aromatic nitrogens is 1. The number of ketones is 1. The Kier molecular flexibility index (Phi) is 4.63. The number of nitrogens with one attached hydrogen (secondary N) is 1. The van der Waals surface area contributed by atoms with E-state index in [-0.39, 0.29) is 11.3 Å². The van der Waals surface area contributed by atoms with Crippen molar-refractivity contribution < 1.29 is 4.79 Å². The fourth-order valence-corrected chi connectivity index (χ4v) is 1.46. The maximum absolute atomic E-state index is 11.7. The summed E-state index contributed by atoms with van der Waals surface area (Å²) < 4.78 is 0. The summed E-state index contributed by atoms with van der Waals surface area (Å²) in [6.07, 6.45) is 4.17. The SMILES string of the molecule is CC(C)(C)NCCC(=O)Cc1cnccc1N. The summed E-state index contributed by atoms with van der Waals surface area (Å²) in [4.78, 5) is 15.7. The minimum Gasteiger partial charge on any atom is -0.398 e. The average Bonchev–Trinajstić information content (AvgIpc) is 2.19. The summed E-state index contributed by atoms with van der Waals surface area (Å²) in [5, 5.41) is 3.29. The Balaban J connectivity index is 2.38. The first kappa shape index (κ1) is 13.6. The predicted molar refractivity (Wildman–Crippen MR) is 69.7 cm³/mol. The lowest BCUT2D eigenvalue weighted by molar-refractivity contribution is -0.118. The molecule has 0 saturated carbocycles. The minimum atomic E-state index is 0.0492. The van der Waals surface area contributed by atoms with Gasteiger partial charge < -0.3 is 11.1 Å². The monoisotopic (exact) mass is 235 g/mol. The van der Waals surface area contributed by atoms with Crippen molar-refractivity contribution in [2.45, 2.75) is 39.2 Å². The molecule has 0 aliphatic heterocycles. The third kappa shape index (κ3) is 5.45. The second-order valence-corrected chi connectivity index (χ2v) is 5.22. The lowest BCUT2D eigenvalue weighted by Crippen LogP contribution is -2.37. The van der Waals surface area contributed by atoms with Crippen LogP contribution in [0.2, 0.25) is 0 Å². The van der Waals surface area contributed by atoms with Gasteiger partial charge in [-0.1, -0.05) is 0 Å². The number of rotatable bonds is 5. The van der Waals surface area contributed by atoms with Gasteiger partial charge in [0.25, 0.3) is 0 Å². The lowest BCUT2D eigenvalue weighted by Gasteiger charge is -2.20. The number of carbonyl (C=O) groups is 1. The van der Waals surface area contributed by atoms with Crippen molar-refractivity contribution in [2.75, 3.05) is 12.3 Å². The van der Waals surface area contributed by atoms with Gasteiger partial charge in [0.2, 0.25) is 0 Å². The van der Waals surface area contributed by atoms with Gasteiger partial charge in [-0.15, -0.1) is 0 Å². The van der Waals surface area contributed by atoms with E-state index in [1.54, 1.807) is 18.5 Å². The molecule has 1 rings (SSSR count). The summed E-state index contributed by atoms with van der Waals surface area (Å²) in [5.74, 6) is 0.182. The van der Waals surface area contributed by atoms with Crippen LogP contribution in [0.5, 0.6) is 0 Å². The van der Waals surface area contributed by atoms with Crippen molar-refractivity contribution in [1.29, 1.82) is 0 Å². The largest absolute Gasteiger partial charge is 0.398 e. The molecule has 17 heavy (non-hydrogen) atoms. The van der Waals surface area contributed by atoms with Gasteiger partial charge in [-0.05, 0) is 26.8 Å². The van der Waals surface area contributed by atoms with Crippen LogP contribution in [0.1, 0.15) is 32.8 Å². The van der Waals surface area contributed by atoms with E-state index in [9.17, 15) is 4.79 Å². The number of nitrogens with two attached hydrogens (primary N) is 1. The van der Waals surface area contributed by atoms with Crippen LogP contribution in [0.3, 0.4) is 0 Å². The number of carbonyl (C=O) groups excluding carboxylic acids is 1. The van der Waals surface area contributed by atoms with E-state index in [2.05, 4.69) is 31.1 Å². The summed E-state index contributed by atoms with van der Waals surface area (Å²) in [7, 11) is 0. The molecule has 0 aliphatic carbocycles. The molecule has 0 spiro atoms. The Hall–Kier alpha value is -1.42. The Labute approximate surface area is 103 Å². The number of hydrogen-bond acceptors (Lipinski definition) is 4. The van der Waals surface area contributed by atoms with Crippen LogP contribution in [0.25, 0.3) is 0 Å². The summed E-state index contributed by atoms with van der Waals surface area (Å²) in [5.41, 5.74) is 7.26. The highest BCUT2D eigenvalue weighted by Crippen LogP contribution is 2.10. The molecule has 0 fully saturated rings. The number of hydrogen-bond donors (Lipinski definition) is 2. The highest BCUT2D eigenvalue weighted by Gasteiger charge is 2.10. The number of pyridine rings is 1. The molecule has 0 bridgehead atoms. The van der Waals surface area contributed by atoms with Crippen molar-refractivity contribution in [1.82, 2.24) is 10.3 Å². The third-order valence-corrected chi connectivity index (χ3v) is 2.39. The molecule has 0 aromatic carbocycles.